The van der Waals surface area contributed by atoms with E-state index in [1.54, 1.807) is 40.5 Å². The Kier molecular flexibility index (Phi) is 8.31. The molecule has 0 aromatic carbocycles. The van der Waals surface area contributed by atoms with Crippen molar-refractivity contribution in [2.24, 2.45) is 23.3 Å². The number of hydrogen-bond donors (Lipinski definition) is 3. The summed E-state index contributed by atoms with van der Waals surface area (Å²) in [6, 6.07) is 1.52. The average molecular weight is 503 g/mol. The monoisotopic (exact) mass is 502 g/mol. The second-order valence-corrected chi connectivity index (χ2v) is 11.3. The zero-order valence-corrected chi connectivity index (χ0v) is 21.7. The zero-order valence-electron chi connectivity index (χ0n) is 21.7. The van der Waals surface area contributed by atoms with Gasteiger partial charge in [-0.25, -0.2) is 9.59 Å². The van der Waals surface area contributed by atoms with Crippen LogP contribution in [0.15, 0.2) is 17.1 Å². The van der Waals surface area contributed by atoms with E-state index in [1.165, 1.54) is 6.42 Å². The topological polar surface area (TPSA) is 143 Å². The molecule has 5 N–H and O–H groups in total. The van der Waals surface area contributed by atoms with E-state index in [2.05, 4.69) is 15.2 Å². The minimum atomic E-state index is -0.931. The quantitative estimate of drug-likeness (QED) is 0.519. The third-order valence-corrected chi connectivity index (χ3v) is 7.90. The van der Waals surface area contributed by atoms with Crippen molar-refractivity contribution in [1.29, 1.82) is 0 Å². The van der Waals surface area contributed by atoms with E-state index in [4.69, 9.17) is 11.5 Å². The Balaban J connectivity index is 1.24. The number of likely N-dealkylation sites (tertiary alicyclic amines) is 1. The largest absolute Gasteiger partial charge is 0.349 e. The minimum Gasteiger partial charge on any atom is -0.338 e. The minimum absolute atomic E-state index is 0.127. The van der Waals surface area contributed by atoms with Gasteiger partial charge in [0.1, 0.15) is 5.82 Å². The van der Waals surface area contributed by atoms with Crippen molar-refractivity contribution in [2.75, 3.05) is 57.7 Å². The zero-order chi connectivity index (χ0) is 25.9. The first-order chi connectivity index (χ1) is 17.1. The summed E-state index contributed by atoms with van der Waals surface area (Å²) in [7, 11) is 0. The van der Waals surface area contributed by atoms with Crippen LogP contribution in [0.5, 0.6) is 0 Å². The van der Waals surface area contributed by atoms with Crippen LogP contribution >= 0.6 is 0 Å². The highest BCUT2D eigenvalue weighted by Gasteiger charge is 2.32. The molecule has 3 heterocycles. The predicted molar refractivity (Wildman–Crippen MR) is 139 cm³/mol. The second-order valence-electron chi connectivity index (χ2n) is 11.3. The molecule has 11 nitrogen and oxygen atoms in total. The fraction of sp³-hybridized carbons (Fsp3) is 0.760. The van der Waals surface area contributed by atoms with Crippen LogP contribution in [0.1, 0.15) is 52.0 Å². The highest BCUT2D eigenvalue weighted by atomic mass is 16.2. The maximum Gasteiger partial charge on any atom is 0.349 e. The van der Waals surface area contributed by atoms with E-state index in [9.17, 15) is 14.4 Å². The number of carbonyl (C=O) groups excluding carboxylic acids is 2. The first kappa shape index (κ1) is 26.6. The van der Waals surface area contributed by atoms with Gasteiger partial charge in [0.15, 0.2) is 0 Å². The molecule has 1 saturated carbocycles. The summed E-state index contributed by atoms with van der Waals surface area (Å²) in [5.41, 5.74) is 10.5. The molecule has 1 aromatic rings. The van der Waals surface area contributed by atoms with Gasteiger partial charge >= 0.3 is 11.7 Å². The van der Waals surface area contributed by atoms with Crippen LogP contribution in [-0.2, 0) is 4.79 Å². The summed E-state index contributed by atoms with van der Waals surface area (Å²) in [4.78, 5) is 47.7. The molecule has 0 bridgehead atoms. The molecule has 3 fully saturated rings. The standard InChI is InChI=1S/C25H42N8O3/c1-25(2,27)22(34)31-11-13-32(14-12-31)23(35)28-21-8-10-33(24(36)29-21)20-5-3-18(4-6-20)16-30-9-7-19(15-26)17-30/h8,10,18-20H,3-7,9,11-17,26-27H2,1-2H3,(H,28,29,35,36)/t18?,19-,20?/m0/s1. The van der Waals surface area contributed by atoms with Gasteiger partial charge in [-0.05, 0) is 76.9 Å². The SMILES string of the molecule is CC(C)(N)C(=O)N1CCN(C(=O)Nc2ccn(C3CCC(CN4CC[C@@H](CN)C4)CC3)c(=O)n2)CC1. The third-order valence-electron chi connectivity index (χ3n) is 7.90. The first-order valence-electron chi connectivity index (χ1n) is 13.3. The van der Waals surface area contributed by atoms with Gasteiger partial charge < -0.3 is 26.2 Å². The van der Waals surface area contributed by atoms with E-state index in [-0.39, 0.29) is 29.5 Å². The van der Waals surface area contributed by atoms with Crippen LogP contribution in [0.4, 0.5) is 10.6 Å². The number of carbonyl (C=O) groups is 2. The molecule has 2 saturated heterocycles. The fourth-order valence-electron chi connectivity index (χ4n) is 5.71. The molecular weight excluding hydrogens is 460 g/mol. The van der Waals surface area contributed by atoms with Gasteiger partial charge in [-0.3, -0.25) is 14.7 Å². The molecule has 1 atom stereocenters. The molecule has 200 valence electrons. The Bertz CT molecular complexity index is 974. The van der Waals surface area contributed by atoms with Crippen molar-refractivity contribution >= 4 is 17.8 Å². The maximum atomic E-state index is 12.7. The summed E-state index contributed by atoms with van der Waals surface area (Å²) in [6.07, 6.45) is 7.11. The molecular formula is C25H42N8O3. The molecule has 36 heavy (non-hydrogen) atoms. The van der Waals surface area contributed by atoms with Crippen molar-refractivity contribution in [3.63, 3.8) is 0 Å². The number of nitrogens with zero attached hydrogens (tertiary/aromatic N) is 5. The number of anilines is 1. The van der Waals surface area contributed by atoms with Crippen LogP contribution < -0.4 is 22.5 Å². The van der Waals surface area contributed by atoms with E-state index < -0.39 is 5.54 Å². The lowest BCUT2D eigenvalue weighted by atomic mass is 9.85. The highest BCUT2D eigenvalue weighted by Crippen LogP contribution is 2.32. The average Bonchev–Trinajstić information content (AvgIpc) is 3.31. The smallest absolute Gasteiger partial charge is 0.338 e. The van der Waals surface area contributed by atoms with Crippen LogP contribution in [-0.4, -0.2) is 94.1 Å². The second kappa shape index (κ2) is 11.3. The molecule has 0 radical (unpaired) electrons. The normalized spacial score (nSPS) is 25.7. The molecule has 0 spiro atoms. The van der Waals surface area contributed by atoms with Gasteiger partial charge in [-0.15, -0.1) is 0 Å². The van der Waals surface area contributed by atoms with Crippen molar-refractivity contribution < 1.29 is 9.59 Å². The number of rotatable bonds is 6. The van der Waals surface area contributed by atoms with E-state index in [1.807, 2.05) is 0 Å². The van der Waals surface area contributed by atoms with E-state index in [0.29, 0.717) is 38.0 Å². The number of piperazine rings is 1. The van der Waals surface area contributed by atoms with Crippen molar-refractivity contribution in [1.82, 2.24) is 24.3 Å². The number of hydrogen-bond acceptors (Lipinski definition) is 7. The number of urea groups is 1. The van der Waals surface area contributed by atoms with Crippen LogP contribution in [0.2, 0.25) is 0 Å². The maximum absolute atomic E-state index is 12.7. The van der Waals surface area contributed by atoms with Gasteiger partial charge in [0, 0.05) is 51.5 Å². The fourth-order valence-corrected chi connectivity index (χ4v) is 5.71. The molecule has 1 aliphatic carbocycles. The van der Waals surface area contributed by atoms with Crippen molar-refractivity contribution in [2.45, 2.75) is 57.5 Å². The van der Waals surface area contributed by atoms with Gasteiger partial charge in [-0.2, -0.15) is 4.98 Å². The molecule has 3 amide bonds. The van der Waals surface area contributed by atoms with Gasteiger partial charge in [0.2, 0.25) is 5.91 Å². The van der Waals surface area contributed by atoms with Crippen LogP contribution in [0.25, 0.3) is 0 Å². The number of amides is 3. The summed E-state index contributed by atoms with van der Waals surface area (Å²) in [5.74, 6) is 1.44. The first-order valence-corrected chi connectivity index (χ1v) is 13.3. The third kappa shape index (κ3) is 6.43. The Labute approximate surface area is 213 Å². The van der Waals surface area contributed by atoms with Crippen molar-refractivity contribution in [3.8, 4) is 0 Å². The van der Waals surface area contributed by atoms with Gasteiger partial charge in [0.05, 0.1) is 5.54 Å². The molecule has 3 aliphatic rings. The lowest BCUT2D eigenvalue weighted by molar-refractivity contribution is -0.137. The van der Waals surface area contributed by atoms with Crippen molar-refractivity contribution in [3.05, 3.63) is 22.7 Å². The Hall–Kier alpha value is -2.50. The Morgan fingerprint density at radius 1 is 1.03 bits per heavy atom. The Morgan fingerprint density at radius 2 is 1.69 bits per heavy atom. The summed E-state index contributed by atoms with van der Waals surface area (Å²) < 4.78 is 1.71. The van der Waals surface area contributed by atoms with Crippen LogP contribution in [0, 0.1) is 11.8 Å². The van der Waals surface area contributed by atoms with Gasteiger partial charge in [0.25, 0.3) is 0 Å². The summed E-state index contributed by atoms with van der Waals surface area (Å²) in [5, 5.41) is 2.73. The number of aromatic nitrogens is 2. The lowest BCUT2D eigenvalue weighted by Crippen LogP contribution is -2.58. The van der Waals surface area contributed by atoms with E-state index in [0.717, 1.165) is 51.9 Å². The lowest BCUT2D eigenvalue weighted by Gasteiger charge is -2.37. The summed E-state index contributed by atoms with van der Waals surface area (Å²) >= 11 is 0. The molecule has 2 aliphatic heterocycles. The Morgan fingerprint density at radius 3 is 2.28 bits per heavy atom. The number of nitrogens with one attached hydrogen (secondary N) is 1. The predicted octanol–water partition coefficient (Wildman–Crippen LogP) is 0.669. The molecule has 0 unspecified atom stereocenters. The molecule has 11 heteroatoms. The van der Waals surface area contributed by atoms with Gasteiger partial charge in [-0.1, -0.05) is 0 Å². The molecule has 1 aromatic heterocycles. The highest BCUT2D eigenvalue weighted by molar-refractivity contribution is 5.89. The van der Waals surface area contributed by atoms with Crippen LogP contribution in [0.3, 0.4) is 0 Å². The number of nitrogens with two attached hydrogens (primary N) is 2. The summed E-state index contributed by atoms with van der Waals surface area (Å²) in [6.45, 7) is 9.20. The van der Waals surface area contributed by atoms with E-state index >= 15 is 0 Å². The molecule has 4 rings (SSSR count).